The Morgan fingerprint density at radius 3 is 0.879 bits per heavy atom. The summed E-state index contributed by atoms with van der Waals surface area (Å²) in [6, 6.07) is 0. The van der Waals surface area contributed by atoms with Gasteiger partial charge in [-0.05, 0) is 0 Å². The first-order valence-electron chi connectivity index (χ1n) is 13.1. The van der Waals surface area contributed by atoms with Crippen molar-refractivity contribution in [1.82, 2.24) is 0 Å². The number of allylic oxidation sites excluding steroid dienone is 8. The van der Waals surface area contributed by atoms with E-state index in [1.807, 2.05) is 0 Å². The molecule has 0 fully saturated rings. The number of hydrogen-bond donors (Lipinski definition) is 0. The predicted octanol–water partition coefficient (Wildman–Crippen LogP) is 11.0. The molecule has 2 rings (SSSR count). The number of rotatable bonds is 10. The van der Waals surface area contributed by atoms with Gasteiger partial charge >= 0.3 is 26.2 Å². The van der Waals surface area contributed by atoms with Crippen LogP contribution in [0.15, 0.2) is 33.4 Å². The smallest absolute Gasteiger partial charge is 0.262 e. The van der Waals surface area contributed by atoms with Gasteiger partial charge < -0.3 is 0 Å². The molecule has 0 aromatic rings. The minimum Gasteiger partial charge on any atom is -0.262 e. The van der Waals surface area contributed by atoms with Gasteiger partial charge in [0.05, 0.1) is 0 Å². The summed E-state index contributed by atoms with van der Waals surface area (Å²) < 4.78 is 0. The zero-order chi connectivity index (χ0) is 22.9. The topological polar surface area (TPSA) is 0 Å². The third-order valence-corrected chi connectivity index (χ3v) is 7.93. The molecule has 33 heavy (non-hydrogen) atoms. The van der Waals surface area contributed by atoms with Gasteiger partial charge in [0.2, 0.25) is 0 Å². The van der Waals surface area contributed by atoms with Gasteiger partial charge in [0.25, 0.3) is 0 Å². The normalized spacial score (nSPS) is 17.9. The summed E-state index contributed by atoms with van der Waals surface area (Å²) in [5.74, 6) is 0. The van der Waals surface area contributed by atoms with Crippen molar-refractivity contribution in [2.24, 2.45) is 10.8 Å². The molecular formula is C30H52Cl2Zr. The molecule has 0 amide bonds. The molecule has 3 heteroatoms. The average molecular weight is 575 g/mol. The molecule has 0 aromatic heterocycles. The Morgan fingerprint density at radius 2 is 0.727 bits per heavy atom. The Morgan fingerprint density at radius 1 is 0.455 bits per heavy atom. The Balaban J connectivity index is -0.000000500. The summed E-state index contributed by atoms with van der Waals surface area (Å²) in [6.45, 7) is 22.9. The van der Waals surface area contributed by atoms with Crippen LogP contribution >= 0.6 is 24.8 Å². The first-order chi connectivity index (χ1) is 14.4. The van der Waals surface area contributed by atoms with Crippen LogP contribution < -0.4 is 0 Å². The molecule has 0 nitrogen and oxygen atoms in total. The molecule has 0 saturated carbocycles. The zero-order valence-electron chi connectivity index (χ0n) is 23.4. The van der Waals surface area contributed by atoms with Gasteiger partial charge in [-0.1, -0.05) is 144 Å². The summed E-state index contributed by atoms with van der Waals surface area (Å²) in [5.41, 5.74) is 10.1. The van der Waals surface area contributed by atoms with Gasteiger partial charge in [0.15, 0.2) is 0 Å². The molecule has 0 aromatic carbocycles. The second-order valence-corrected chi connectivity index (χ2v) is 8.82. The fraction of sp³-hybridized carbons (Fsp3) is 0.733. The van der Waals surface area contributed by atoms with Gasteiger partial charge in [0.1, 0.15) is 0 Å². The molecule has 0 heterocycles. The van der Waals surface area contributed by atoms with Crippen molar-refractivity contribution in [3.63, 3.8) is 0 Å². The Hall–Kier alpha value is 0.423. The van der Waals surface area contributed by atoms with E-state index in [-0.39, 0.29) is 61.8 Å². The maximum Gasteiger partial charge on any atom is 2.00 e. The van der Waals surface area contributed by atoms with E-state index in [0.29, 0.717) is 0 Å². The van der Waals surface area contributed by atoms with Crippen LogP contribution in [0.1, 0.15) is 133 Å². The third kappa shape index (κ3) is 7.70. The van der Waals surface area contributed by atoms with Gasteiger partial charge in [-0.3, -0.25) is 12.2 Å². The van der Waals surface area contributed by atoms with E-state index in [0.717, 1.165) is 12.8 Å². The molecule has 0 bridgehead atoms. The van der Waals surface area contributed by atoms with Gasteiger partial charge in [-0.2, -0.15) is 22.3 Å². The van der Waals surface area contributed by atoms with Crippen molar-refractivity contribution in [2.45, 2.75) is 133 Å². The molecule has 0 saturated heterocycles. The van der Waals surface area contributed by atoms with Crippen molar-refractivity contribution in [1.29, 1.82) is 0 Å². The van der Waals surface area contributed by atoms with E-state index in [2.05, 4.69) is 81.4 Å². The monoisotopic (exact) mass is 572 g/mol. The third-order valence-electron chi connectivity index (χ3n) is 7.93. The number of halogens is 2. The summed E-state index contributed by atoms with van der Waals surface area (Å²) in [5, 5.41) is 0. The molecular weight excluding hydrogens is 522 g/mol. The van der Waals surface area contributed by atoms with E-state index in [4.69, 9.17) is 0 Å². The Labute approximate surface area is 239 Å². The van der Waals surface area contributed by atoms with Crippen molar-refractivity contribution in [2.75, 3.05) is 0 Å². The van der Waals surface area contributed by atoms with Crippen LogP contribution in [0.4, 0.5) is 0 Å². The average Bonchev–Trinajstić information content (AvgIpc) is 3.30. The summed E-state index contributed by atoms with van der Waals surface area (Å²) in [7, 11) is 0. The molecule has 0 unspecified atom stereocenters. The molecule has 0 atom stereocenters. The van der Waals surface area contributed by atoms with Crippen LogP contribution in [0.2, 0.25) is 0 Å². The van der Waals surface area contributed by atoms with E-state index in [1.54, 1.807) is 22.3 Å². The molecule has 2 aliphatic carbocycles. The standard InChI is InChI=1S/2C15H25.2ClH.Zr/c2*1-6-12-11-15(9-4,10-5)14(8-3)13(12)7-2;;;/h2*6-10H2,1-5H3;2*1H;/q2*-1;;;+2. The summed E-state index contributed by atoms with van der Waals surface area (Å²) >= 11 is 0. The van der Waals surface area contributed by atoms with Gasteiger partial charge in [-0.25, -0.2) is 11.1 Å². The van der Waals surface area contributed by atoms with Crippen LogP contribution in [0, 0.1) is 23.0 Å². The van der Waals surface area contributed by atoms with Crippen LogP contribution in [0.3, 0.4) is 0 Å². The van der Waals surface area contributed by atoms with Crippen LogP contribution in [0.5, 0.6) is 0 Å². The second-order valence-electron chi connectivity index (χ2n) is 8.82. The van der Waals surface area contributed by atoms with Crippen LogP contribution in [-0.4, -0.2) is 0 Å². The fourth-order valence-electron chi connectivity index (χ4n) is 6.09. The largest absolute Gasteiger partial charge is 2.00 e. The fourth-order valence-corrected chi connectivity index (χ4v) is 6.09. The first-order valence-corrected chi connectivity index (χ1v) is 13.1. The number of hydrogen-bond acceptors (Lipinski definition) is 0. The van der Waals surface area contributed by atoms with Gasteiger partial charge in [0, 0.05) is 0 Å². The maximum absolute atomic E-state index is 3.80. The molecule has 190 valence electrons. The van der Waals surface area contributed by atoms with Crippen LogP contribution in [-0.2, 0) is 26.2 Å². The van der Waals surface area contributed by atoms with Gasteiger partial charge in [-0.15, -0.1) is 24.8 Å². The predicted molar refractivity (Wildman–Crippen MR) is 150 cm³/mol. The minimum absolute atomic E-state index is 0. The van der Waals surface area contributed by atoms with E-state index in [9.17, 15) is 0 Å². The van der Waals surface area contributed by atoms with Crippen LogP contribution in [0.25, 0.3) is 0 Å². The van der Waals surface area contributed by atoms with E-state index < -0.39 is 0 Å². The zero-order valence-corrected chi connectivity index (χ0v) is 27.5. The Kier molecular flexibility index (Phi) is 20.5. The second kappa shape index (κ2) is 17.8. The van der Waals surface area contributed by atoms with Crippen molar-refractivity contribution >= 4 is 24.8 Å². The molecule has 0 spiro atoms. The van der Waals surface area contributed by atoms with E-state index >= 15 is 0 Å². The quantitative estimate of drug-likeness (QED) is 0.228. The van der Waals surface area contributed by atoms with Crippen molar-refractivity contribution in [3.05, 3.63) is 45.6 Å². The molecule has 2 aliphatic rings. The first kappa shape index (κ1) is 38.0. The Bertz CT molecular complexity index is 626. The maximum atomic E-state index is 3.80. The molecule has 0 N–H and O–H groups in total. The SMILES string of the molecule is CCC1=[C-]C(CC)(CC)C(CC)=C1CC.CCC1=[C-]C(CC)(CC)C(CC)=C1CC.Cl.Cl.[Zr+2]. The minimum atomic E-state index is 0. The van der Waals surface area contributed by atoms with E-state index in [1.165, 1.54) is 62.5 Å². The summed E-state index contributed by atoms with van der Waals surface area (Å²) in [6.07, 6.45) is 19.5. The molecule has 0 aliphatic heterocycles. The summed E-state index contributed by atoms with van der Waals surface area (Å²) in [4.78, 5) is 0. The molecule has 0 radical (unpaired) electrons. The van der Waals surface area contributed by atoms with Crippen molar-refractivity contribution in [3.8, 4) is 0 Å². The van der Waals surface area contributed by atoms with Crippen molar-refractivity contribution < 1.29 is 26.2 Å².